The van der Waals surface area contributed by atoms with E-state index in [-0.39, 0.29) is 0 Å². The lowest BCUT2D eigenvalue weighted by Gasteiger charge is -2.29. The molecule has 0 atom stereocenters. The minimum atomic E-state index is -2.17. The molecule has 0 radical (unpaired) electrons. The lowest BCUT2D eigenvalue weighted by molar-refractivity contribution is -0.659. The van der Waals surface area contributed by atoms with E-state index in [0.717, 1.165) is 0 Å². The molecule has 6 aromatic rings. The van der Waals surface area contributed by atoms with Crippen molar-refractivity contribution in [3.63, 3.8) is 0 Å². The molecule has 0 N–H and O–H groups in total. The van der Waals surface area contributed by atoms with Crippen molar-refractivity contribution in [2.75, 3.05) is 0 Å². The van der Waals surface area contributed by atoms with Gasteiger partial charge in [0.25, 0.3) is 0 Å². The predicted molar refractivity (Wildman–Crippen MR) is 164 cm³/mol. The lowest BCUT2D eigenvalue weighted by Crippen LogP contribution is -2.64. The van der Waals surface area contributed by atoms with Gasteiger partial charge in [-0.2, -0.15) is 0 Å². The highest BCUT2D eigenvalue weighted by Crippen LogP contribution is 2.31. The smallest absolute Gasteiger partial charge is 0.200 e. The van der Waals surface area contributed by atoms with Gasteiger partial charge in [0.2, 0.25) is 5.69 Å². The van der Waals surface area contributed by atoms with E-state index in [2.05, 4.69) is 165 Å². The van der Waals surface area contributed by atoms with Crippen LogP contribution in [0.15, 0.2) is 140 Å². The molecule has 1 nitrogen and oxygen atoms in total. The van der Waals surface area contributed by atoms with Crippen LogP contribution in [-0.2, 0) is 7.05 Å². The Hall–Kier alpha value is -4.27. The Labute approximate surface area is 226 Å². The van der Waals surface area contributed by atoms with Gasteiger partial charge in [-0.15, -0.1) is 0 Å². The van der Waals surface area contributed by atoms with Gasteiger partial charge in [0, 0.05) is 11.6 Å². The minimum Gasteiger partial charge on any atom is -0.200 e. The van der Waals surface area contributed by atoms with Gasteiger partial charge in [-0.1, -0.05) is 122 Å². The number of hydrogen-bond donors (Lipinski definition) is 0. The molecule has 0 bridgehead atoms. The molecule has 0 saturated carbocycles. The molecule has 0 saturated heterocycles. The standard InChI is InChI=1S/C36H32NSi/c1-27-25-29(28-13-7-4-8-14-28)19-21-34(27)36-35-22-20-33(26-30(35)23-24-37(36)2)38(3,31-15-9-5-10-16-31)32-17-11-6-12-18-32/h4-26H,1-3H3/q+1. The molecular weight excluding hydrogens is 474 g/mol. The van der Waals surface area contributed by atoms with Gasteiger partial charge >= 0.3 is 0 Å². The van der Waals surface area contributed by atoms with Crippen molar-refractivity contribution >= 4 is 34.4 Å². The first kappa shape index (κ1) is 24.1. The molecule has 2 heteroatoms. The fourth-order valence-corrected chi connectivity index (χ4v) is 9.38. The molecule has 38 heavy (non-hydrogen) atoms. The molecule has 0 unspecified atom stereocenters. The summed E-state index contributed by atoms with van der Waals surface area (Å²) in [5.74, 6) is 0. The van der Waals surface area contributed by atoms with Crippen molar-refractivity contribution in [2.24, 2.45) is 7.05 Å². The second-order valence-electron chi connectivity index (χ2n) is 10.3. The van der Waals surface area contributed by atoms with E-state index in [1.165, 1.54) is 54.3 Å². The molecule has 1 aromatic heterocycles. The molecule has 5 aromatic carbocycles. The molecule has 0 aliphatic carbocycles. The summed E-state index contributed by atoms with van der Waals surface area (Å²) >= 11 is 0. The summed E-state index contributed by atoms with van der Waals surface area (Å²) < 4.78 is 2.26. The van der Waals surface area contributed by atoms with Gasteiger partial charge in [0.05, 0.1) is 5.39 Å². The van der Waals surface area contributed by atoms with Crippen LogP contribution in [0.3, 0.4) is 0 Å². The number of pyridine rings is 1. The van der Waals surface area contributed by atoms with Gasteiger partial charge in [0.1, 0.15) is 15.1 Å². The Morgan fingerprint density at radius 3 is 1.76 bits per heavy atom. The van der Waals surface area contributed by atoms with E-state index in [9.17, 15) is 0 Å². The number of benzene rings is 5. The van der Waals surface area contributed by atoms with Crippen molar-refractivity contribution in [1.82, 2.24) is 0 Å². The molecule has 6 rings (SSSR count). The van der Waals surface area contributed by atoms with E-state index in [0.29, 0.717) is 0 Å². The van der Waals surface area contributed by atoms with E-state index in [1.807, 2.05) is 0 Å². The second-order valence-corrected chi connectivity index (χ2v) is 14.3. The van der Waals surface area contributed by atoms with Crippen molar-refractivity contribution < 1.29 is 4.57 Å². The summed E-state index contributed by atoms with van der Waals surface area (Å²) in [4.78, 5) is 0. The molecule has 184 valence electrons. The highest BCUT2D eigenvalue weighted by atomic mass is 28.3. The Morgan fingerprint density at radius 1 is 0.553 bits per heavy atom. The normalized spacial score (nSPS) is 11.6. The maximum absolute atomic E-state index is 2.48. The topological polar surface area (TPSA) is 3.88 Å². The van der Waals surface area contributed by atoms with Crippen LogP contribution in [-0.4, -0.2) is 8.07 Å². The number of aromatic nitrogens is 1. The predicted octanol–water partition coefficient (Wildman–Crippen LogP) is 6.41. The third-order valence-corrected chi connectivity index (χ3v) is 12.4. The minimum absolute atomic E-state index is 1.25. The van der Waals surface area contributed by atoms with E-state index < -0.39 is 8.07 Å². The summed E-state index contributed by atoms with van der Waals surface area (Å²) in [6, 6.07) is 49.0. The van der Waals surface area contributed by atoms with Crippen LogP contribution in [0.5, 0.6) is 0 Å². The SMILES string of the molecule is Cc1cc(-c2ccccc2)ccc1-c1c2ccc([Si](C)(c3ccccc3)c3ccccc3)cc2cc[n+]1C. The van der Waals surface area contributed by atoms with Crippen LogP contribution in [0.25, 0.3) is 33.2 Å². The number of rotatable bonds is 5. The van der Waals surface area contributed by atoms with Gasteiger partial charge in [-0.25, -0.2) is 4.57 Å². The first-order chi connectivity index (χ1) is 18.6. The lowest BCUT2D eigenvalue weighted by atomic mass is 9.95. The van der Waals surface area contributed by atoms with Gasteiger partial charge in [0.15, 0.2) is 6.20 Å². The van der Waals surface area contributed by atoms with E-state index >= 15 is 0 Å². The molecule has 0 aliphatic heterocycles. The maximum Gasteiger partial charge on any atom is 0.220 e. The van der Waals surface area contributed by atoms with Crippen LogP contribution >= 0.6 is 0 Å². The molecule has 0 fully saturated rings. The fourth-order valence-electron chi connectivity index (χ4n) is 5.80. The Kier molecular flexibility index (Phi) is 6.27. The van der Waals surface area contributed by atoms with Crippen molar-refractivity contribution in [3.8, 4) is 22.4 Å². The molecular formula is C36H32NSi+. The van der Waals surface area contributed by atoms with Crippen LogP contribution < -0.4 is 20.1 Å². The van der Waals surface area contributed by atoms with Crippen molar-refractivity contribution in [1.29, 1.82) is 0 Å². The summed E-state index contributed by atoms with van der Waals surface area (Å²) in [6.45, 7) is 4.71. The number of aryl methyl sites for hydroxylation is 2. The summed E-state index contributed by atoms with van der Waals surface area (Å²) in [7, 11) is -0.0151. The van der Waals surface area contributed by atoms with Crippen LogP contribution in [0.2, 0.25) is 6.55 Å². The Morgan fingerprint density at radius 2 is 1.16 bits per heavy atom. The largest absolute Gasteiger partial charge is 0.220 e. The Bertz CT molecular complexity index is 1690. The monoisotopic (exact) mass is 506 g/mol. The quantitative estimate of drug-likeness (QED) is 0.145. The van der Waals surface area contributed by atoms with Crippen molar-refractivity contribution in [2.45, 2.75) is 13.5 Å². The second kappa shape index (κ2) is 9.89. The van der Waals surface area contributed by atoms with E-state index in [4.69, 9.17) is 0 Å². The van der Waals surface area contributed by atoms with Gasteiger partial charge < -0.3 is 0 Å². The van der Waals surface area contributed by atoms with Crippen molar-refractivity contribution in [3.05, 3.63) is 145 Å². The van der Waals surface area contributed by atoms with Crippen LogP contribution in [0, 0.1) is 6.92 Å². The van der Waals surface area contributed by atoms with Gasteiger partial charge in [-0.05, 0) is 56.7 Å². The third-order valence-electron chi connectivity index (χ3n) is 8.01. The Balaban J connectivity index is 1.51. The average Bonchev–Trinajstić information content (AvgIpc) is 2.98. The summed E-state index contributed by atoms with van der Waals surface area (Å²) in [6.07, 6.45) is 2.20. The first-order valence-electron chi connectivity index (χ1n) is 13.3. The molecule has 1 heterocycles. The van der Waals surface area contributed by atoms with Crippen LogP contribution in [0.1, 0.15) is 5.56 Å². The highest BCUT2D eigenvalue weighted by molar-refractivity contribution is 7.10. The molecule has 0 amide bonds. The number of hydrogen-bond acceptors (Lipinski definition) is 0. The number of nitrogens with zero attached hydrogens (tertiary/aromatic N) is 1. The molecule has 0 aliphatic rings. The fraction of sp³-hybridized carbons (Fsp3) is 0.0833. The molecule has 0 spiro atoms. The third kappa shape index (κ3) is 4.17. The zero-order valence-electron chi connectivity index (χ0n) is 22.2. The summed E-state index contributed by atoms with van der Waals surface area (Å²) in [5.41, 5.74) is 6.32. The van der Waals surface area contributed by atoms with Gasteiger partial charge in [-0.3, -0.25) is 0 Å². The average molecular weight is 507 g/mol. The summed E-state index contributed by atoms with van der Waals surface area (Å²) in [5, 5.41) is 6.86. The number of fused-ring (bicyclic) bond motifs is 1. The first-order valence-corrected chi connectivity index (χ1v) is 15.8. The zero-order chi connectivity index (χ0) is 26.1. The van der Waals surface area contributed by atoms with E-state index in [1.54, 1.807) is 0 Å². The maximum atomic E-state index is 2.48. The zero-order valence-corrected chi connectivity index (χ0v) is 23.2. The highest BCUT2D eigenvalue weighted by Gasteiger charge is 2.34. The van der Waals surface area contributed by atoms with Crippen LogP contribution in [0.4, 0.5) is 0 Å².